The number of amides is 1. The van der Waals surface area contributed by atoms with Gasteiger partial charge in [0, 0.05) is 23.4 Å². The molecule has 1 N–H and O–H groups in total. The van der Waals surface area contributed by atoms with E-state index in [0.717, 1.165) is 0 Å². The van der Waals surface area contributed by atoms with Crippen LogP contribution in [-0.4, -0.2) is 35.3 Å². The van der Waals surface area contributed by atoms with Gasteiger partial charge in [-0.1, -0.05) is 19.9 Å². The molecule has 0 aliphatic carbocycles. The van der Waals surface area contributed by atoms with E-state index >= 15 is 0 Å². The number of fused-ring (bicyclic) bond motifs is 1. The number of carbonyl (C=O) groups is 1. The van der Waals surface area contributed by atoms with Crippen LogP contribution in [0.3, 0.4) is 0 Å². The number of hydrogen-bond acceptors (Lipinski definition) is 3. The van der Waals surface area contributed by atoms with Gasteiger partial charge in [-0.3, -0.25) is 4.79 Å². The lowest BCUT2D eigenvalue weighted by molar-refractivity contribution is -0.136. The summed E-state index contributed by atoms with van der Waals surface area (Å²) in [6.45, 7) is 5.14. The highest BCUT2D eigenvalue weighted by Gasteiger charge is 2.33. The minimum absolute atomic E-state index is 0.0602. The zero-order valence-electron chi connectivity index (χ0n) is 11.1. The largest absolute Gasteiger partial charge is 0.387 e. The Balaban J connectivity index is 2.40. The van der Waals surface area contributed by atoms with E-state index in [4.69, 9.17) is 5.11 Å². The van der Waals surface area contributed by atoms with Crippen molar-refractivity contribution in [1.82, 2.24) is 4.90 Å². The quantitative estimate of drug-likeness (QED) is 0.832. The van der Waals surface area contributed by atoms with Gasteiger partial charge in [-0.05, 0) is 29.5 Å². The molecule has 3 nitrogen and oxygen atoms in total. The van der Waals surface area contributed by atoms with Gasteiger partial charge < -0.3 is 10.0 Å². The van der Waals surface area contributed by atoms with Gasteiger partial charge in [0.25, 0.3) is 0 Å². The van der Waals surface area contributed by atoms with Gasteiger partial charge in [-0.25, -0.2) is 0 Å². The first kappa shape index (κ1) is 13.4. The molecule has 1 aliphatic rings. The van der Waals surface area contributed by atoms with Gasteiger partial charge in [0.1, 0.15) is 6.61 Å². The zero-order valence-corrected chi connectivity index (χ0v) is 11.9. The summed E-state index contributed by atoms with van der Waals surface area (Å²) in [5, 5.41) is 9.01. The molecule has 1 heterocycles. The molecule has 0 atom stereocenters. The molecule has 1 aromatic rings. The molecule has 0 fully saturated rings. The molecule has 0 radical (unpaired) electrons. The zero-order chi connectivity index (χ0) is 13.3. The van der Waals surface area contributed by atoms with E-state index in [1.807, 2.05) is 6.26 Å². The molecule has 2 rings (SSSR count). The highest BCUT2D eigenvalue weighted by atomic mass is 32.2. The Kier molecular flexibility index (Phi) is 3.69. The minimum Gasteiger partial charge on any atom is -0.387 e. The van der Waals surface area contributed by atoms with Crippen molar-refractivity contribution in [3.05, 3.63) is 29.3 Å². The van der Waals surface area contributed by atoms with Crippen molar-refractivity contribution in [3.63, 3.8) is 0 Å². The number of nitrogens with zero attached hydrogens (tertiary/aromatic N) is 1. The monoisotopic (exact) mass is 265 g/mol. The summed E-state index contributed by atoms with van der Waals surface area (Å²) in [6, 6.07) is 6.45. The van der Waals surface area contributed by atoms with E-state index in [1.165, 1.54) is 16.0 Å². The summed E-state index contributed by atoms with van der Waals surface area (Å²) in [4.78, 5) is 14.6. The predicted molar refractivity (Wildman–Crippen MR) is 73.8 cm³/mol. The third kappa shape index (κ3) is 2.40. The first-order chi connectivity index (χ1) is 8.47. The van der Waals surface area contributed by atoms with Crippen molar-refractivity contribution in [2.45, 2.75) is 30.7 Å². The number of rotatable bonds is 2. The van der Waals surface area contributed by atoms with Crippen molar-refractivity contribution < 1.29 is 9.90 Å². The number of aliphatic hydroxyl groups is 1. The molecule has 0 bridgehead atoms. The number of benzene rings is 1. The van der Waals surface area contributed by atoms with Crippen molar-refractivity contribution >= 4 is 17.7 Å². The molecule has 1 amide bonds. The van der Waals surface area contributed by atoms with Crippen molar-refractivity contribution in [1.29, 1.82) is 0 Å². The molecule has 0 unspecified atom stereocenters. The average molecular weight is 265 g/mol. The normalized spacial score (nSPS) is 17.4. The van der Waals surface area contributed by atoms with Crippen LogP contribution in [0.15, 0.2) is 23.1 Å². The summed E-state index contributed by atoms with van der Waals surface area (Å²) in [6.07, 6.45) is 2.05. The van der Waals surface area contributed by atoms with E-state index in [9.17, 15) is 4.79 Å². The summed E-state index contributed by atoms with van der Waals surface area (Å²) in [7, 11) is 0. The third-order valence-electron chi connectivity index (χ3n) is 3.48. The molecular weight excluding hydrogens is 246 g/mol. The second-order valence-electron chi connectivity index (χ2n) is 5.31. The number of carbonyl (C=O) groups excluding carboxylic acids is 1. The third-order valence-corrected chi connectivity index (χ3v) is 4.20. The standard InChI is InChI=1S/C14H19NO2S/c1-14(2)9-15(13(17)8-16)7-10-6-11(18-3)4-5-12(10)14/h4-6,16H,7-9H2,1-3H3. The molecule has 0 aromatic heterocycles. The summed E-state index contributed by atoms with van der Waals surface area (Å²) >= 11 is 1.70. The van der Waals surface area contributed by atoms with Crippen molar-refractivity contribution in [3.8, 4) is 0 Å². The average Bonchev–Trinajstić information content (AvgIpc) is 2.36. The first-order valence-corrected chi connectivity index (χ1v) is 7.26. The molecular formula is C14H19NO2S. The Hall–Kier alpha value is -1.00. The Morgan fingerprint density at radius 3 is 2.83 bits per heavy atom. The molecule has 0 spiro atoms. The van der Waals surface area contributed by atoms with E-state index in [2.05, 4.69) is 32.0 Å². The molecule has 4 heteroatoms. The lowest BCUT2D eigenvalue weighted by Gasteiger charge is -2.40. The van der Waals surface area contributed by atoms with Crippen molar-refractivity contribution in [2.24, 2.45) is 0 Å². The predicted octanol–water partition coefficient (Wildman–Crippen LogP) is 2.02. The first-order valence-electron chi connectivity index (χ1n) is 6.04. The fourth-order valence-electron chi connectivity index (χ4n) is 2.59. The van der Waals surface area contributed by atoms with Crippen LogP contribution in [0, 0.1) is 0 Å². The molecule has 1 aromatic carbocycles. The minimum atomic E-state index is -0.409. The molecule has 18 heavy (non-hydrogen) atoms. The lowest BCUT2D eigenvalue weighted by Crippen LogP contribution is -2.46. The number of thioether (sulfide) groups is 1. The van der Waals surface area contributed by atoms with Crippen LogP contribution >= 0.6 is 11.8 Å². The van der Waals surface area contributed by atoms with Crippen LogP contribution in [0.1, 0.15) is 25.0 Å². The van der Waals surface area contributed by atoms with Crippen LogP contribution in [0.5, 0.6) is 0 Å². The Bertz CT molecular complexity index is 471. The van der Waals surface area contributed by atoms with Gasteiger partial charge in [0.2, 0.25) is 5.91 Å². The van der Waals surface area contributed by atoms with Crippen LogP contribution in [-0.2, 0) is 16.8 Å². The molecule has 1 aliphatic heterocycles. The van der Waals surface area contributed by atoms with Crippen LogP contribution in [0.2, 0.25) is 0 Å². The topological polar surface area (TPSA) is 40.5 Å². The Morgan fingerprint density at radius 1 is 1.50 bits per heavy atom. The number of aliphatic hydroxyl groups excluding tert-OH is 1. The van der Waals surface area contributed by atoms with Crippen LogP contribution in [0.4, 0.5) is 0 Å². The van der Waals surface area contributed by atoms with Gasteiger partial charge >= 0.3 is 0 Å². The summed E-state index contributed by atoms with van der Waals surface area (Å²) < 4.78 is 0. The maximum Gasteiger partial charge on any atom is 0.248 e. The summed E-state index contributed by atoms with van der Waals surface area (Å²) in [5.41, 5.74) is 2.44. The molecule has 0 saturated carbocycles. The number of hydrogen-bond donors (Lipinski definition) is 1. The molecule has 0 saturated heterocycles. The highest BCUT2D eigenvalue weighted by molar-refractivity contribution is 7.98. The van der Waals surface area contributed by atoms with E-state index in [-0.39, 0.29) is 11.3 Å². The summed E-state index contributed by atoms with van der Waals surface area (Å²) in [5.74, 6) is -0.191. The molecule has 98 valence electrons. The van der Waals surface area contributed by atoms with Gasteiger partial charge in [0.05, 0.1) is 0 Å². The van der Waals surface area contributed by atoms with Crippen LogP contribution < -0.4 is 0 Å². The fourth-order valence-corrected chi connectivity index (χ4v) is 3.05. The lowest BCUT2D eigenvalue weighted by atomic mass is 9.78. The fraction of sp³-hybridized carbons (Fsp3) is 0.500. The van der Waals surface area contributed by atoms with Crippen LogP contribution in [0.25, 0.3) is 0 Å². The highest BCUT2D eigenvalue weighted by Crippen LogP contribution is 2.35. The maximum atomic E-state index is 11.7. The van der Waals surface area contributed by atoms with E-state index < -0.39 is 6.61 Å². The Morgan fingerprint density at radius 2 is 2.22 bits per heavy atom. The van der Waals surface area contributed by atoms with E-state index in [0.29, 0.717) is 13.1 Å². The van der Waals surface area contributed by atoms with Gasteiger partial charge in [-0.2, -0.15) is 0 Å². The second kappa shape index (κ2) is 4.94. The second-order valence-corrected chi connectivity index (χ2v) is 6.19. The van der Waals surface area contributed by atoms with E-state index in [1.54, 1.807) is 16.7 Å². The Labute approximate surface area is 112 Å². The SMILES string of the molecule is CSc1ccc2c(c1)CN(C(=O)CO)CC2(C)C. The smallest absolute Gasteiger partial charge is 0.248 e. The maximum absolute atomic E-state index is 11.7. The van der Waals surface area contributed by atoms with Crippen molar-refractivity contribution in [2.75, 3.05) is 19.4 Å². The van der Waals surface area contributed by atoms with Gasteiger partial charge in [0.15, 0.2) is 0 Å². The van der Waals surface area contributed by atoms with Gasteiger partial charge in [-0.15, -0.1) is 11.8 Å².